The van der Waals surface area contributed by atoms with Crippen LogP contribution in [0.4, 0.5) is 0 Å². The zero-order chi connectivity index (χ0) is 14.6. The predicted octanol–water partition coefficient (Wildman–Crippen LogP) is 0.941. The molecule has 1 aromatic carbocycles. The van der Waals surface area contributed by atoms with Gasteiger partial charge in [-0.2, -0.15) is 4.31 Å². The summed E-state index contributed by atoms with van der Waals surface area (Å²) >= 11 is 0. The fourth-order valence-electron chi connectivity index (χ4n) is 2.59. The van der Waals surface area contributed by atoms with Gasteiger partial charge in [0.2, 0.25) is 10.0 Å². The molecule has 112 valence electrons. The average Bonchev–Trinajstić information content (AvgIpc) is 2.48. The van der Waals surface area contributed by atoms with Crippen molar-refractivity contribution in [3.8, 4) is 0 Å². The highest BCUT2D eigenvalue weighted by molar-refractivity contribution is 7.89. The van der Waals surface area contributed by atoms with Gasteiger partial charge >= 0.3 is 0 Å². The number of aliphatic hydroxyl groups excluding tert-OH is 1. The summed E-state index contributed by atoms with van der Waals surface area (Å²) in [6.45, 7) is 1.09. The van der Waals surface area contributed by atoms with E-state index in [1.54, 1.807) is 12.1 Å². The third-order valence-electron chi connectivity index (χ3n) is 3.69. The molecule has 0 spiro atoms. The largest absolute Gasteiger partial charge is 0.395 e. The number of hydrogen-bond acceptors (Lipinski definition) is 4. The molecular weight excluding hydrogens is 276 g/mol. The topological polar surface area (TPSA) is 69.6 Å². The maximum atomic E-state index is 12.6. The first-order chi connectivity index (χ1) is 9.59. The monoisotopic (exact) mass is 298 g/mol. The maximum absolute atomic E-state index is 12.6. The number of piperidine rings is 1. The van der Waals surface area contributed by atoms with Crippen LogP contribution in [-0.4, -0.2) is 44.1 Å². The van der Waals surface area contributed by atoms with Crippen LogP contribution in [0.5, 0.6) is 0 Å². The molecule has 20 heavy (non-hydrogen) atoms. The van der Waals surface area contributed by atoms with E-state index in [9.17, 15) is 13.5 Å². The molecule has 0 aromatic heterocycles. The van der Waals surface area contributed by atoms with Gasteiger partial charge in [-0.05, 0) is 37.6 Å². The molecule has 1 heterocycles. The molecule has 0 radical (unpaired) electrons. The third kappa shape index (κ3) is 3.20. The number of sulfonamides is 1. The predicted molar refractivity (Wildman–Crippen MR) is 77.8 cm³/mol. The first-order valence-corrected chi connectivity index (χ1v) is 8.40. The van der Waals surface area contributed by atoms with Gasteiger partial charge in [0.25, 0.3) is 0 Å². The molecule has 1 saturated heterocycles. The van der Waals surface area contributed by atoms with Crippen LogP contribution < -0.4 is 5.32 Å². The smallest absolute Gasteiger partial charge is 0.243 e. The van der Waals surface area contributed by atoms with Crippen LogP contribution in [0, 0.1) is 0 Å². The van der Waals surface area contributed by atoms with Crippen LogP contribution in [0.25, 0.3) is 0 Å². The maximum Gasteiger partial charge on any atom is 0.243 e. The van der Waals surface area contributed by atoms with Crippen LogP contribution in [0.3, 0.4) is 0 Å². The van der Waals surface area contributed by atoms with E-state index in [4.69, 9.17) is 0 Å². The molecule has 0 saturated carbocycles. The van der Waals surface area contributed by atoms with Gasteiger partial charge in [0.05, 0.1) is 11.5 Å². The number of nitrogens with zero attached hydrogens (tertiary/aromatic N) is 1. The summed E-state index contributed by atoms with van der Waals surface area (Å²) in [5.74, 6) is 0. The highest BCUT2D eigenvalue weighted by atomic mass is 32.2. The molecule has 1 atom stereocenters. The van der Waals surface area contributed by atoms with E-state index in [2.05, 4.69) is 5.32 Å². The molecule has 2 rings (SSSR count). The van der Waals surface area contributed by atoms with Gasteiger partial charge in [-0.25, -0.2) is 8.42 Å². The summed E-state index contributed by atoms with van der Waals surface area (Å²) in [4.78, 5) is 0.303. The molecule has 1 unspecified atom stereocenters. The lowest BCUT2D eigenvalue weighted by molar-refractivity contribution is 0.155. The second-order valence-electron chi connectivity index (χ2n) is 5.12. The van der Waals surface area contributed by atoms with Crippen molar-refractivity contribution in [2.75, 3.05) is 20.2 Å². The van der Waals surface area contributed by atoms with E-state index in [1.807, 2.05) is 19.2 Å². The van der Waals surface area contributed by atoms with Gasteiger partial charge in [-0.15, -0.1) is 0 Å². The van der Waals surface area contributed by atoms with Gasteiger partial charge in [0.1, 0.15) is 0 Å². The number of aliphatic hydroxyl groups is 1. The molecule has 1 aromatic rings. The van der Waals surface area contributed by atoms with E-state index in [0.29, 0.717) is 18.0 Å². The van der Waals surface area contributed by atoms with E-state index in [-0.39, 0.29) is 12.6 Å². The third-order valence-corrected chi connectivity index (χ3v) is 5.66. The Hall–Kier alpha value is -0.950. The van der Waals surface area contributed by atoms with Crippen molar-refractivity contribution in [1.82, 2.24) is 9.62 Å². The first-order valence-electron chi connectivity index (χ1n) is 6.96. The minimum Gasteiger partial charge on any atom is -0.395 e. The molecule has 1 fully saturated rings. The first kappa shape index (κ1) is 15.4. The molecule has 1 aliphatic heterocycles. The Labute approximate surface area is 120 Å². The van der Waals surface area contributed by atoms with Crippen LogP contribution in [-0.2, 0) is 16.6 Å². The number of hydrogen-bond donors (Lipinski definition) is 2. The van der Waals surface area contributed by atoms with Gasteiger partial charge in [-0.3, -0.25) is 0 Å². The Bertz CT molecular complexity index is 528. The fraction of sp³-hybridized carbons (Fsp3) is 0.571. The molecule has 0 amide bonds. The Morgan fingerprint density at radius 1 is 1.30 bits per heavy atom. The highest BCUT2D eigenvalue weighted by Crippen LogP contribution is 2.25. The standard InChI is InChI=1S/C14H22N2O3S/c1-15-10-12-5-7-14(8-6-12)20(18,19)16-9-3-2-4-13(16)11-17/h5-8,13,15,17H,2-4,9-11H2,1H3. The Morgan fingerprint density at radius 2 is 2.00 bits per heavy atom. The summed E-state index contributed by atoms with van der Waals surface area (Å²) in [5, 5.41) is 12.4. The fourth-order valence-corrected chi connectivity index (χ4v) is 4.28. The Kier molecular flexibility index (Phi) is 5.15. The van der Waals surface area contributed by atoms with Gasteiger partial charge in [0.15, 0.2) is 0 Å². The summed E-state index contributed by atoms with van der Waals surface area (Å²) in [5.41, 5.74) is 1.05. The van der Waals surface area contributed by atoms with Crippen molar-refractivity contribution in [1.29, 1.82) is 0 Å². The van der Waals surface area contributed by atoms with Crippen molar-refractivity contribution in [3.05, 3.63) is 29.8 Å². The van der Waals surface area contributed by atoms with E-state index in [0.717, 1.165) is 24.8 Å². The van der Waals surface area contributed by atoms with Crippen molar-refractivity contribution in [2.45, 2.75) is 36.7 Å². The molecule has 0 aliphatic carbocycles. The Balaban J connectivity index is 2.24. The lowest BCUT2D eigenvalue weighted by atomic mass is 10.1. The van der Waals surface area contributed by atoms with E-state index >= 15 is 0 Å². The average molecular weight is 298 g/mol. The van der Waals surface area contributed by atoms with Gasteiger partial charge in [0, 0.05) is 19.1 Å². The minimum absolute atomic E-state index is 0.114. The van der Waals surface area contributed by atoms with E-state index < -0.39 is 10.0 Å². The summed E-state index contributed by atoms with van der Waals surface area (Å²) < 4.78 is 26.7. The number of rotatable bonds is 5. The van der Waals surface area contributed by atoms with Crippen LogP contribution in [0.1, 0.15) is 24.8 Å². The summed E-state index contributed by atoms with van der Waals surface area (Å²) in [6, 6.07) is 6.64. The van der Waals surface area contributed by atoms with Crippen LogP contribution in [0.2, 0.25) is 0 Å². The van der Waals surface area contributed by atoms with Crippen LogP contribution >= 0.6 is 0 Å². The lowest BCUT2D eigenvalue weighted by Crippen LogP contribution is -2.45. The van der Waals surface area contributed by atoms with Crippen LogP contribution in [0.15, 0.2) is 29.2 Å². The van der Waals surface area contributed by atoms with Gasteiger partial charge in [-0.1, -0.05) is 18.6 Å². The van der Waals surface area contributed by atoms with E-state index in [1.165, 1.54) is 4.31 Å². The zero-order valence-electron chi connectivity index (χ0n) is 11.7. The number of benzene rings is 1. The molecule has 5 nitrogen and oxygen atoms in total. The van der Waals surface area contributed by atoms with Gasteiger partial charge < -0.3 is 10.4 Å². The quantitative estimate of drug-likeness (QED) is 0.849. The minimum atomic E-state index is -3.50. The second-order valence-corrected chi connectivity index (χ2v) is 7.01. The van der Waals surface area contributed by atoms with Crippen molar-refractivity contribution < 1.29 is 13.5 Å². The molecule has 1 aliphatic rings. The zero-order valence-corrected chi connectivity index (χ0v) is 12.6. The SMILES string of the molecule is CNCc1ccc(S(=O)(=O)N2CCCCC2CO)cc1. The normalized spacial score (nSPS) is 21.0. The highest BCUT2D eigenvalue weighted by Gasteiger charge is 2.32. The molecule has 0 bridgehead atoms. The summed E-state index contributed by atoms with van der Waals surface area (Å²) in [6.07, 6.45) is 2.56. The lowest BCUT2D eigenvalue weighted by Gasteiger charge is -2.33. The van der Waals surface area contributed by atoms with Crippen molar-refractivity contribution >= 4 is 10.0 Å². The number of nitrogens with one attached hydrogen (secondary N) is 1. The second kappa shape index (κ2) is 6.67. The molecule has 2 N–H and O–H groups in total. The van der Waals surface area contributed by atoms with Crippen molar-refractivity contribution in [2.24, 2.45) is 0 Å². The molecule has 6 heteroatoms. The molecular formula is C14H22N2O3S. The van der Waals surface area contributed by atoms with Crippen molar-refractivity contribution in [3.63, 3.8) is 0 Å². The Morgan fingerprint density at radius 3 is 2.60 bits per heavy atom. The summed E-state index contributed by atoms with van der Waals surface area (Å²) in [7, 11) is -1.65.